The summed E-state index contributed by atoms with van der Waals surface area (Å²) in [6.07, 6.45) is 0.842. The number of nitro groups is 1. The van der Waals surface area contributed by atoms with E-state index in [1.54, 1.807) is 28.0 Å². The third-order valence-electron chi connectivity index (χ3n) is 7.46. The molecule has 5 rings (SSSR count). The first-order chi connectivity index (χ1) is 20.3. The Balaban J connectivity index is 1.37. The third kappa shape index (κ3) is 6.55. The molecule has 0 aliphatic carbocycles. The van der Waals surface area contributed by atoms with Gasteiger partial charge in [0.05, 0.1) is 16.3 Å². The number of carbonyl (C=O) groups is 3. The van der Waals surface area contributed by atoms with Crippen molar-refractivity contribution in [1.82, 2.24) is 15.1 Å². The zero-order valence-corrected chi connectivity index (χ0v) is 22.9. The minimum atomic E-state index is -0.534. The molecule has 3 aromatic rings. The highest BCUT2D eigenvalue weighted by Gasteiger charge is 2.26. The van der Waals surface area contributed by atoms with Crippen molar-refractivity contribution in [3.05, 3.63) is 99.4 Å². The van der Waals surface area contributed by atoms with E-state index in [0.717, 1.165) is 13.0 Å². The van der Waals surface area contributed by atoms with E-state index in [1.807, 2.05) is 4.90 Å². The first-order valence-corrected chi connectivity index (χ1v) is 13.8. The highest BCUT2D eigenvalue weighted by molar-refractivity contribution is 6.07. The van der Waals surface area contributed by atoms with E-state index in [-0.39, 0.29) is 23.1 Å². The monoisotopic (exact) mass is 574 g/mol. The van der Waals surface area contributed by atoms with E-state index in [1.165, 1.54) is 48.5 Å². The molecule has 0 saturated carbocycles. The molecule has 2 aliphatic heterocycles. The second-order valence-electron chi connectivity index (χ2n) is 10.2. The molecule has 0 spiro atoms. The summed E-state index contributed by atoms with van der Waals surface area (Å²) in [5.74, 6) is -1.20. The molecule has 12 heteroatoms. The van der Waals surface area contributed by atoms with Gasteiger partial charge in [0.25, 0.3) is 23.4 Å². The molecule has 0 bridgehead atoms. The minimum Gasteiger partial charge on any atom is -0.366 e. The van der Waals surface area contributed by atoms with Gasteiger partial charge in [-0.1, -0.05) is 0 Å². The molecular weight excluding hydrogens is 543 g/mol. The van der Waals surface area contributed by atoms with Gasteiger partial charge in [-0.3, -0.25) is 24.5 Å². The number of benzene rings is 3. The second kappa shape index (κ2) is 12.8. The van der Waals surface area contributed by atoms with Crippen LogP contribution >= 0.6 is 0 Å². The van der Waals surface area contributed by atoms with E-state index in [9.17, 15) is 28.9 Å². The average Bonchev–Trinajstić information content (AvgIpc) is 3.31. The Labute approximate surface area is 242 Å². The van der Waals surface area contributed by atoms with Gasteiger partial charge in [-0.25, -0.2) is 4.39 Å². The fraction of sp³-hybridized carbons (Fsp3) is 0.300. The lowest BCUT2D eigenvalue weighted by atomic mass is 10.1. The summed E-state index contributed by atoms with van der Waals surface area (Å²) >= 11 is 0. The Hall–Kier alpha value is -4.84. The van der Waals surface area contributed by atoms with E-state index in [0.29, 0.717) is 68.3 Å². The molecule has 3 amide bonds. The Morgan fingerprint density at radius 2 is 1.38 bits per heavy atom. The van der Waals surface area contributed by atoms with Crippen LogP contribution in [0.3, 0.4) is 0 Å². The topological polar surface area (TPSA) is 128 Å². The SMILES string of the molecule is O=C(Nc1cc(C(=O)N2CCCNCC2)ccc1N1CCN(C(=O)c2ccc(F)cc2)CC1)c1ccc([N+](=O)[O-])cc1. The largest absolute Gasteiger partial charge is 0.366 e. The molecule has 2 fully saturated rings. The van der Waals surface area contributed by atoms with Crippen molar-refractivity contribution in [3.8, 4) is 0 Å². The lowest BCUT2D eigenvalue weighted by Gasteiger charge is -2.37. The molecule has 0 unspecified atom stereocenters. The number of halogens is 1. The Kier molecular flexibility index (Phi) is 8.72. The Morgan fingerprint density at radius 1 is 0.762 bits per heavy atom. The van der Waals surface area contributed by atoms with Crippen LogP contribution in [-0.4, -0.2) is 84.8 Å². The molecule has 42 heavy (non-hydrogen) atoms. The Morgan fingerprint density at radius 3 is 2.07 bits per heavy atom. The summed E-state index contributed by atoms with van der Waals surface area (Å²) in [6.45, 7) is 4.51. The van der Waals surface area contributed by atoms with Crippen molar-refractivity contribution < 1.29 is 23.7 Å². The summed E-state index contributed by atoms with van der Waals surface area (Å²) in [5.41, 5.74) is 2.07. The molecule has 2 heterocycles. The standard InChI is InChI=1S/C30H31FN6O5/c31-24-7-2-22(3-8-24)29(39)36-18-16-34(17-19-36)27-11-6-23(30(40)35-14-1-12-32-13-15-35)20-26(27)33-28(38)21-4-9-25(10-5-21)37(41)42/h2-11,20,32H,1,12-19H2,(H,33,38). The van der Waals surface area contributed by atoms with Crippen molar-refractivity contribution in [2.75, 3.05) is 62.6 Å². The van der Waals surface area contributed by atoms with Gasteiger partial charge >= 0.3 is 0 Å². The van der Waals surface area contributed by atoms with Gasteiger partial charge in [0.2, 0.25) is 0 Å². The van der Waals surface area contributed by atoms with Gasteiger partial charge in [-0.15, -0.1) is 0 Å². The maximum atomic E-state index is 13.4. The van der Waals surface area contributed by atoms with E-state index in [4.69, 9.17) is 0 Å². The van der Waals surface area contributed by atoms with Gasteiger partial charge in [0.15, 0.2) is 0 Å². The minimum absolute atomic E-state index is 0.125. The fourth-order valence-corrected chi connectivity index (χ4v) is 5.13. The van der Waals surface area contributed by atoms with Crippen LogP contribution in [-0.2, 0) is 0 Å². The lowest BCUT2D eigenvalue weighted by molar-refractivity contribution is -0.384. The number of hydrogen-bond acceptors (Lipinski definition) is 7. The summed E-state index contributed by atoms with van der Waals surface area (Å²) in [5, 5.41) is 17.2. The molecule has 0 aromatic heterocycles. The summed E-state index contributed by atoms with van der Waals surface area (Å²) < 4.78 is 13.3. The number of piperazine rings is 1. The number of anilines is 2. The Bertz CT molecular complexity index is 1460. The van der Waals surface area contributed by atoms with Gasteiger partial charge < -0.3 is 25.3 Å². The van der Waals surface area contributed by atoms with Crippen molar-refractivity contribution in [1.29, 1.82) is 0 Å². The second-order valence-corrected chi connectivity index (χ2v) is 10.2. The quantitative estimate of drug-likeness (QED) is 0.341. The zero-order chi connectivity index (χ0) is 29.6. The van der Waals surface area contributed by atoms with Gasteiger partial charge in [0.1, 0.15) is 5.82 Å². The molecular formula is C30H31FN6O5. The number of non-ortho nitro benzene ring substituents is 1. The van der Waals surface area contributed by atoms with E-state index >= 15 is 0 Å². The van der Waals surface area contributed by atoms with Crippen LogP contribution in [0.2, 0.25) is 0 Å². The van der Waals surface area contributed by atoms with Gasteiger partial charge in [-0.2, -0.15) is 0 Å². The van der Waals surface area contributed by atoms with Crippen LogP contribution in [0.5, 0.6) is 0 Å². The number of rotatable bonds is 6. The third-order valence-corrected chi connectivity index (χ3v) is 7.46. The zero-order valence-electron chi connectivity index (χ0n) is 22.9. The molecule has 11 nitrogen and oxygen atoms in total. The number of nitrogens with zero attached hydrogens (tertiary/aromatic N) is 4. The van der Waals surface area contributed by atoms with Crippen LogP contribution in [0.1, 0.15) is 37.5 Å². The van der Waals surface area contributed by atoms with Crippen molar-refractivity contribution in [3.63, 3.8) is 0 Å². The van der Waals surface area contributed by atoms with E-state index in [2.05, 4.69) is 10.6 Å². The van der Waals surface area contributed by atoms with Crippen LogP contribution in [0.15, 0.2) is 66.7 Å². The van der Waals surface area contributed by atoms with Crippen molar-refractivity contribution in [2.45, 2.75) is 6.42 Å². The lowest BCUT2D eigenvalue weighted by Crippen LogP contribution is -2.49. The van der Waals surface area contributed by atoms with Crippen LogP contribution in [0.4, 0.5) is 21.5 Å². The van der Waals surface area contributed by atoms with Crippen LogP contribution < -0.4 is 15.5 Å². The first kappa shape index (κ1) is 28.7. The normalized spacial score (nSPS) is 15.6. The predicted octanol–water partition coefficient (Wildman–Crippen LogP) is 3.38. The number of nitro benzene ring substituents is 1. The average molecular weight is 575 g/mol. The molecule has 2 saturated heterocycles. The highest BCUT2D eigenvalue weighted by Crippen LogP contribution is 2.30. The molecule has 3 aromatic carbocycles. The molecule has 0 atom stereocenters. The van der Waals surface area contributed by atoms with E-state index < -0.39 is 16.6 Å². The van der Waals surface area contributed by atoms with Gasteiger partial charge in [-0.05, 0) is 67.6 Å². The molecule has 218 valence electrons. The van der Waals surface area contributed by atoms with Crippen LogP contribution in [0, 0.1) is 15.9 Å². The van der Waals surface area contributed by atoms with Crippen LogP contribution in [0.25, 0.3) is 0 Å². The fourth-order valence-electron chi connectivity index (χ4n) is 5.13. The molecule has 0 radical (unpaired) electrons. The number of hydrogen-bond donors (Lipinski definition) is 2. The smallest absolute Gasteiger partial charge is 0.269 e. The summed E-state index contributed by atoms with van der Waals surface area (Å²) in [6, 6.07) is 15.9. The molecule has 2 aliphatic rings. The van der Waals surface area contributed by atoms with Crippen molar-refractivity contribution in [2.24, 2.45) is 0 Å². The highest BCUT2D eigenvalue weighted by atomic mass is 19.1. The number of nitrogens with one attached hydrogen (secondary N) is 2. The number of amides is 3. The maximum absolute atomic E-state index is 13.4. The summed E-state index contributed by atoms with van der Waals surface area (Å²) in [4.78, 5) is 55.5. The first-order valence-electron chi connectivity index (χ1n) is 13.8. The number of carbonyl (C=O) groups excluding carboxylic acids is 3. The predicted molar refractivity (Wildman–Crippen MR) is 155 cm³/mol. The maximum Gasteiger partial charge on any atom is 0.269 e. The summed E-state index contributed by atoms with van der Waals surface area (Å²) in [7, 11) is 0. The molecule has 2 N–H and O–H groups in total. The van der Waals surface area contributed by atoms with Gasteiger partial charge in [0, 0.05) is 74.6 Å². The van der Waals surface area contributed by atoms with Crippen molar-refractivity contribution >= 4 is 34.8 Å².